The van der Waals surface area contributed by atoms with Gasteiger partial charge in [-0.15, -0.1) is 5.10 Å². The molecule has 1 aliphatic rings. The molecular weight excluding hydrogens is 238 g/mol. The lowest BCUT2D eigenvalue weighted by Gasteiger charge is -2.22. The number of rotatable bonds is 2. The molecule has 3 heterocycles. The van der Waals surface area contributed by atoms with Crippen molar-refractivity contribution >= 4 is 23.3 Å². The number of carbonyl (C=O) groups is 2. The van der Waals surface area contributed by atoms with Crippen molar-refractivity contribution in [3.63, 3.8) is 0 Å². The average Bonchev–Trinajstić information content (AvgIpc) is 2.82. The first-order valence-corrected chi connectivity index (χ1v) is 5.36. The topological polar surface area (TPSA) is 114 Å². The van der Waals surface area contributed by atoms with Crippen LogP contribution in [0.15, 0.2) is 12.4 Å². The molecule has 18 heavy (non-hydrogen) atoms. The number of aromatic nitrogens is 5. The van der Waals surface area contributed by atoms with E-state index in [9.17, 15) is 9.59 Å². The molecule has 9 heteroatoms. The van der Waals surface area contributed by atoms with E-state index >= 15 is 0 Å². The molecule has 1 atom stereocenters. The van der Waals surface area contributed by atoms with Crippen LogP contribution in [0, 0.1) is 0 Å². The van der Waals surface area contributed by atoms with Gasteiger partial charge in [0.2, 0.25) is 11.8 Å². The molecule has 1 unspecified atom stereocenters. The first-order valence-electron chi connectivity index (χ1n) is 5.36. The molecule has 1 aliphatic heterocycles. The van der Waals surface area contributed by atoms with Gasteiger partial charge < -0.3 is 5.32 Å². The molecule has 0 radical (unpaired) electrons. The van der Waals surface area contributed by atoms with E-state index in [4.69, 9.17) is 0 Å². The van der Waals surface area contributed by atoms with Gasteiger partial charge in [-0.05, 0) is 16.8 Å². The van der Waals surface area contributed by atoms with E-state index in [-0.39, 0.29) is 11.8 Å². The number of carbonyl (C=O) groups excluding carboxylic acids is 2. The van der Waals surface area contributed by atoms with Gasteiger partial charge in [0.1, 0.15) is 6.04 Å². The Kier molecular flexibility index (Phi) is 2.36. The number of imide groups is 1. The molecule has 2 aromatic rings. The smallest absolute Gasteiger partial charge is 0.249 e. The lowest BCUT2D eigenvalue weighted by Crippen LogP contribution is -2.47. The molecule has 0 aliphatic carbocycles. The number of fused-ring (bicyclic) bond motifs is 1. The Hall–Kier alpha value is -2.58. The Morgan fingerprint density at radius 1 is 1.39 bits per heavy atom. The van der Waals surface area contributed by atoms with Gasteiger partial charge in [0.15, 0.2) is 11.5 Å². The summed E-state index contributed by atoms with van der Waals surface area (Å²) in [7, 11) is 0. The van der Waals surface area contributed by atoms with Crippen LogP contribution in [0.2, 0.25) is 0 Å². The Morgan fingerprint density at radius 3 is 3.11 bits per heavy atom. The fraction of sp³-hybridized carbons (Fsp3) is 0.333. The third-order valence-electron chi connectivity index (χ3n) is 2.67. The van der Waals surface area contributed by atoms with Crippen LogP contribution in [-0.4, -0.2) is 42.9 Å². The maximum atomic E-state index is 11.6. The van der Waals surface area contributed by atoms with E-state index in [0.29, 0.717) is 24.3 Å². The molecule has 1 saturated heterocycles. The lowest BCUT2D eigenvalue weighted by molar-refractivity contribution is -0.133. The molecule has 0 aromatic carbocycles. The van der Waals surface area contributed by atoms with Crippen LogP contribution in [0.1, 0.15) is 12.8 Å². The van der Waals surface area contributed by atoms with Crippen LogP contribution in [-0.2, 0) is 9.59 Å². The highest BCUT2D eigenvalue weighted by Crippen LogP contribution is 2.12. The average molecular weight is 247 g/mol. The van der Waals surface area contributed by atoms with E-state index in [0.717, 1.165) is 0 Å². The highest BCUT2D eigenvalue weighted by molar-refractivity contribution is 6.01. The van der Waals surface area contributed by atoms with Crippen LogP contribution in [0.25, 0.3) is 5.65 Å². The van der Waals surface area contributed by atoms with Crippen LogP contribution in [0.3, 0.4) is 0 Å². The molecule has 2 amide bonds. The number of anilines is 1. The van der Waals surface area contributed by atoms with Crippen LogP contribution in [0.4, 0.5) is 5.82 Å². The molecule has 0 bridgehead atoms. The predicted molar refractivity (Wildman–Crippen MR) is 58.4 cm³/mol. The second-order valence-electron chi connectivity index (χ2n) is 3.89. The number of nitrogens with zero attached hydrogens (tertiary/aromatic N) is 5. The first-order chi connectivity index (χ1) is 8.74. The zero-order chi connectivity index (χ0) is 12.5. The number of hydrogen-bond donors (Lipinski definition) is 2. The van der Waals surface area contributed by atoms with E-state index in [1.807, 2.05) is 0 Å². The number of amides is 2. The number of piperidine rings is 1. The first kappa shape index (κ1) is 10.6. The minimum atomic E-state index is -0.487. The van der Waals surface area contributed by atoms with Gasteiger partial charge in [0, 0.05) is 6.42 Å². The quantitative estimate of drug-likeness (QED) is 0.636. The normalized spacial score (nSPS) is 19.9. The van der Waals surface area contributed by atoms with Gasteiger partial charge in [-0.2, -0.15) is 4.52 Å². The molecule has 1 fully saturated rings. The summed E-state index contributed by atoms with van der Waals surface area (Å²) >= 11 is 0. The zero-order valence-corrected chi connectivity index (χ0v) is 9.20. The van der Waals surface area contributed by atoms with Crippen molar-refractivity contribution in [2.45, 2.75) is 18.9 Å². The second-order valence-corrected chi connectivity index (χ2v) is 3.89. The third-order valence-corrected chi connectivity index (χ3v) is 2.67. The summed E-state index contributed by atoms with van der Waals surface area (Å²) in [6.45, 7) is 0. The summed E-state index contributed by atoms with van der Waals surface area (Å²) in [5.74, 6) is -0.0971. The minimum Gasteiger partial charge on any atom is -0.357 e. The maximum absolute atomic E-state index is 11.6. The van der Waals surface area contributed by atoms with Crippen molar-refractivity contribution < 1.29 is 9.59 Å². The zero-order valence-electron chi connectivity index (χ0n) is 9.20. The summed E-state index contributed by atoms with van der Waals surface area (Å²) < 4.78 is 1.44. The monoisotopic (exact) mass is 247 g/mol. The fourth-order valence-corrected chi connectivity index (χ4v) is 1.78. The van der Waals surface area contributed by atoms with E-state index in [1.165, 1.54) is 16.9 Å². The van der Waals surface area contributed by atoms with Gasteiger partial charge >= 0.3 is 0 Å². The van der Waals surface area contributed by atoms with Gasteiger partial charge in [-0.25, -0.2) is 0 Å². The van der Waals surface area contributed by atoms with E-state index in [1.54, 1.807) is 0 Å². The van der Waals surface area contributed by atoms with E-state index in [2.05, 4.69) is 31.1 Å². The SMILES string of the molecule is O=C1CCC(Nc2cncc3nnnn23)C(=O)N1. The summed E-state index contributed by atoms with van der Waals surface area (Å²) in [6, 6.07) is -0.487. The van der Waals surface area contributed by atoms with Gasteiger partial charge in [0.05, 0.1) is 12.4 Å². The van der Waals surface area contributed by atoms with Gasteiger partial charge in [-0.3, -0.25) is 19.9 Å². The van der Waals surface area contributed by atoms with Gasteiger partial charge in [0.25, 0.3) is 0 Å². The minimum absolute atomic E-state index is 0.253. The largest absolute Gasteiger partial charge is 0.357 e. The molecule has 0 spiro atoms. The van der Waals surface area contributed by atoms with Crippen molar-refractivity contribution in [1.29, 1.82) is 0 Å². The Balaban J connectivity index is 1.86. The number of nitrogens with one attached hydrogen (secondary N) is 2. The van der Waals surface area contributed by atoms with Crippen molar-refractivity contribution in [2.24, 2.45) is 0 Å². The third kappa shape index (κ3) is 1.75. The predicted octanol–water partition coefficient (Wildman–Crippen LogP) is -1.26. The maximum Gasteiger partial charge on any atom is 0.249 e. The standard InChI is InChI=1S/C9H9N7O2/c17-8-2-1-5(9(18)12-8)11-6-3-10-4-7-13-14-15-16(6)7/h3-5,11H,1-2H2,(H,12,17,18). The molecule has 2 aromatic heterocycles. The highest BCUT2D eigenvalue weighted by atomic mass is 16.2. The second kappa shape index (κ2) is 4.02. The molecule has 3 rings (SSSR count). The Labute approximate surface area is 101 Å². The lowest BCUT2D eigenvalue weighted by atomic mass is 10.1. The molecule has 92 valence electrons. The Morgan fingerprint density at radius 2 is 2.28 bits per heavy atom. The molecule has 9 nitrogen and oxygen atoms in total. The summed E-state index contributed by atoms with van der Waals surface area (Å²) in [4.78, 5) is 26.6. The van der Waals surface area contributed by atoms with Gasteiger partial charge in [-0.1, -0.05) is 0 Å². The summed E-state index contributed by atoms with van der Waals surface area (Å²) in [6.07, 6.45) is 3.77. The summed E-state index contributed by atoms with van der Waals surface area (Å²) in [5, 5.41) is 16.3. The van der Waals surface area contributed by atoms with Crippen molar-refractivity contribution in [1.82, 2.24) is 30.3 Å². The fourth-order valence-electron chi connectivity index (χ4n) is 1.78. The number of hydrogen-bond acceptors (Lipinski definition) is 7. The van der Waals surface area contributed by atoms with Crippen LogP contribution in [0.5, 0.6) is 0 Å². The molecule has 2 N–H and O–H groups in total. The van der Waals surface area contributed by atoms with E-state index < -0.39 is 6.04 Å². The van der Waals surface area contributed by atoms with Crippen LogP contribution < -0.4 is 10.6 Å². The summed E-state index contributed by atoms with van der Waals surface area (Å²) in [5.41, 5.74) is 0.479. The Bertz CT molecular complexity index is 622. The van der Waals surface area contributed by atoms with Crippen molar-refractivity contribution in [3.05, 3.63) is 12.4 Å². The highest BCUT2D eigenvalue weighted by Gasteiger charge is 2.27. The van der Waals surface area contributed by atoms with Crippen molar-refractivity contribution in [2.75, 3.05) is 5.32 Å². The number of tetrazole rings is 1. The van der Waals surface area contributed by atoms with Crippen molar-refractivity contribution in [3.8, 4) is 0 Å². The molecule has 0 saturated carbocycles. The van der Waals surface area contributed by atoms with Crippen LogP contribution >= 0.6 is 0 Å². The molecular formula is C9H9N7O2.